The van der Waals surface area contributed by atoms with Gasteiger partial charge in [-0.05, 0) is 49.2 Å². The number of esters is 1. The first kappa shape index (κ1) is 20.5. The lowest BCUT2D eigenvalue weighted by molar-refractivity contribution is -0.140. The van der Waals surface area contributed by atoms with Crippen LogP contribution in [0.4, 0.5) is 6.01 Å². The van der Waals surface area contributed by atoms with E-state index in [1.165, 1.54) is 15.9 Å². The number of hydrogen-bond acceptors (Lipinski definition) is 9. The maximum Gasteiger partial charge on any atom is 0.362 e. The fourth-order valence-corrected chi connectivity index (χ4v) is 5.15. The van der Waals surface area contributed by atoms with Crippen LogP contribution >= 0.6 is 22.7 Å². The van der Waals surface area contributed by atoms with Crippen LogP contribution < -0.4 is 22.3 Å². The van der Waals surface area contributed by atoms with E-state index in [0.29, 0.717) is 12.1 Å². The van der Waals surface area contributed by atoms with Gasteiger partial charge in [0.05, 0.1) is 6.10 Å². The van der Waals surface area contributed by atoms with Gasteiger partial charge in [-0.2, -0.15) is 4.98 Å². The predicted molar refractivity (Wildman–Crippen MR) is 121 cm³/mol. The maximum absolute atomic E-state index is 13.2. The Morgan fingerprint density at radius 3 is 2.75 bits per heavy atom. The third-order valence-electron chi connectivity index (χ3n) is 4.98. The summed E-state index contributed by atoms with van der Waals surface area (Å²) in [5.74, 6) is -0.844. The number of ether oxygens (including phenoxy) is 1. The largest absolute Gasteiger partial charge is 0.459 e. The van der Waals surface area contributed by atoms with E-state index in [0.717, 1.165) is 9.75 Å². The number of rotatable bonds is 5. The number of fused-ring (bicyclic) bond motifs is 3. The Kier molecular flexibility index (Phi) is 5.10. The van der Waals surface area contributed by atoms with E-state index in [1.807, 2.05) is 35.0 Å². The van der Waals surface area contributed by atoms with Crippen LogP contribution in [0.1, 0.15) is 35.2 Å². The van der Waals surface area contributed by atoms with Crippen molar-refractivity contribution in [3.63, 3.8) is 0 Å². The van der Waals surface area contributed by atoms with E-state index in [9.17, 15) is 9.59 Å². The Morgan fingerprint density at radius 2 is 2.06 bits per heavy atom. The molecule has 0 aromatic carbocycles. The van der Waals surface area contributed by atoms with Crippen molar-refractivity contribution in [2.75, 3.05) is 5.73 Å². The number of anilines is 1. The normalized spacial score (nSPS) is 15.8. The van der Waals surface area contributed by atoms with E-state index in [2.05, 4.69) is 4.98 Å². The van der Waals surface area contributed by atoms with Crippen LogP contribution in [0, 0.1) is 0 Å². The van der Waals surface area contributed by atoms with E-state index < -0.39 is 17.5 Å². The number of carbonyl (C=O) groups excluding carboxylic acids is 1. The summed E-state index contributed by atoms with van der Waals surface area (Å²) in [6.07, 6.45) is 1.79. The molecule has 0 bridgehead atoms. The van der Waals surface area contributed by atoms with E-state index in [-0.39, 0.29) is 34.5 Å². The van der Waals surface area contributed by atoms with Gasteiger partial charge in [-0.1, -0.05) is 12.1 Å². The van der Waals surface area contributed by atoms with Gasteiger partial charge in [-0.25, -0.2) is 14.2 Å². The molecule has 1 atom stereocenters. The average molecular weight is 470 g/mol. The fraction of sp³-hybridized carbons (Fsp3) is 0.227. The summed E-state index contributed by atoms with van der Waals surface area (Å²) in [5.41, 5.74) is 6.08. The molecule has 32 heavy (non-hydrogen) atoms. The molecule has 1 aliphatic rings. The summed E-state index contributed by atoms with van der Waals surface area (Å²) in [5, 5.41) is 4.07. The van der Waals surface area contributed by atoms with Crippen LogP contribution in [-0.4, -0.2) is 21.6 Å². The molecule has 0 unspecified atom stereocenters. The van der Waals surface area contributed by atoms with Crippen molar-refractivity contribution in [1.82, 2.24) is 9.55 Å². The van der Waals surface area contributed by atoms with Gasteiger partial charge >= 0.3 is 11.6 Å². The van der Waals surface area contributed by atoms with Crippen molar-refractivity contribution < 1.29 is 18.4 Å². The molecule has 0 radical (unpaired) electrons. The number of carbonyl (C=O) groups is 1. The molecule has 5 heterocycles. The third-order valence-corrected chi connectivity index (χ3v) is 6.69. The predicted octanol–water partition coefficient (Wildman–Crippen LogP) is 2.39. The first-order valence-electron chi connectivity index (χ1n) is 9.93. The minimum Gasteiger partial charge on any atom is -0.459 e. The second kappa shape index (κ2) is 7.95. The second-order valence-electron chi connectivity index (χ2n) is 7.52. The molecule has 1 aliphatic heterocycles. The highest BCUT2D eigenvalue weighted by atomic mass is 32.1. The standard InChI is InChI=1S/C22H19N3O5S2/c1-11(2)28-21(27)16-14(9-12-5-3-7-31-12)17-19(30-22(23)24-17)25-15(20(26)29-18(16)25)10-13-6-4-8-32-13/h3-8,10-11,14H,9H2,1-2H3,(H2,23,24)/b15-10+/t14-/m1/s1. The zero-order valence-electron chi connectivity index (χ0n) is 17.2. The number of thiophene rings is 2. The third kappa shape index (κ3) is 3.51. The maximum atomic E-state index is 13.2. The molecule has 0 spiro atoms. The molecular formula is C22H19N3O5S2. The summed E-state index contributed by atoms with van der Waals surface area (Å²) in [7, 11) is 0. The van der Waals surface area contributed by atoms with Crippen molar-refractivity contribution >= 4 is 46.3 Å². The second-order valence-corrected chi connectivity index (χ2v) is 9.53. The van der Waals surface area contributed by atoms with Crippen molar-refractivity contribution in [2.45, 2.75) is 32.3 Å². The average Bonchev–Trinajstić information content (AvgIpc) is 3.50. The molecule has 4 aromatic heterocycles. The number of nitrogens with zero attached hydrogens (tertiary/aromatic N) is 2. The van der Waals surface area contributed by atoms with Crippen molar-refractivity contribution in [1.29, 1.82) is 0 Å². The minimum atomic E-state index is -0.596. The highest BCUT2D eigenvalue weighted by Crippen LogP contribution is 2.37. The molecule has 164 valence electrons. The Bertz CT molecular complexity index is 1460. The molecule has 8 nitrogen and oxygen atoms in total. The Morgan fingerprint density at radius 1 is 1.28 bits per heavy atom. The molecule has 4 aromatic rings. The lowest BCUT2D eigenvalue weighted by atomic mass is 9.90. The van der Waals surface area contributed by atoms with Gasteiger partial charge in [0.2, 0.25) is 11.4 Å². The first-order chi connectivity index (χ1) is 15.4. The number of oxazole rings is 2. The summed E-state index contributed by atoms with van der Waals surface area (Å²) < 4.78 is 18.4. The van der Waals surface area contributed by atoms with Crippen LogP contribution in [0.15, 0.2) is 48.7 Å². The number of aromatic nitrogens is 2. The first-order valence-corrected chi connectivity index (χ1v) is 11.7. The zero-order valence-corrected chi connectivity index (χ0v) is 18.9. The van der Waals surface area contributed by atoms with Gasteiger partial charge in [0.25, 0.3) is 6.01 Å². The number of nitrogens with two attached hydrogens (primary N) is 1. The van der Waals surface area contributed by atoms with Gasteiger partial charge < -0.3 is 19.3 Å². The monoisotopic (exact) mass is 469 g/mol. The van der Waals surface area contributed by atoms with E-state index in [1.54, 1.807) is 31.3 Å². The van der Waals surface area contributed by atoms with Crippen molar-refractivity contribution in [2.24, 2.45) is 0 Å². The molecule has 10 heteroatoms. The molecular weight excluding hydrogens is 450 g/mol. The Labute approximate surface area is 189 Å². The summed E-state index contributed by atoms with van der Waals surface area (Å²) in [6, 6.07) is 7.60. The van der Waals surface area contributed by atoms with Gasteiger partial charge in [-0.15, -0.1) is 22.7 Å². The Balaban J connectivity index is 1.84. The van der Waals surface area contributed by atoms with E-state index >= 15 is 0 Å². The Hall–Kier alpha value is -3.37. The number of hydrogen-bond donors (Lipinski definition) is 1. The smallest absolute Gasteiger partial charge is 0.362 e. The van der Waals surface area contributed by atoms with Crippen LogP contribution in [0.5, 0.6) is 0 Å². The van der Waals surface area contributed by atoms with Gasteiger partial charge in [0.15, 0.2) is 0 Å². The molecule has 0 saturated carbocycles. The summed E-state index contributed by atoms with van der Waals surface area (Å²) in [4.78, 5) is 32.4. The highest BCUT2D eigenvalue weighted by Gasteiger charge is 2.39. The molecule has 0 saturated heterocycles. The lowest BCUT2D eigenvalue weighted by Crippen LogP contribution is -2.38. The summed E-state index contributed by atoms with van der Waals surface area (Å²) in [6.45, 7) is 3.53. The number of nitrogen functional groups attached to an aromatic ring is 1. The van der Waals surface area contributed by atoms with E-state index in [4.69, 9.17) is 19.3 Å². The van der Waals surface area contributed by atoms with Crippen molar-refractivity contribution in [3.8, 4) is 5.88 Å². The zero-order chi connectivity index (χ0) is 22.4. The summed E-state index contributed by atoms with van der Waals surface area (Å²) >= 11 is 3.03. The lowest BCUT2D eigenvalue weighted by Gasteiger charge is -2.22. The van der Waals surface area contributed by atoms with Crippen LogP contribution in [0.2, 0.25) is 0 Å². The fourth-order valence-electron chi connectivity index (χ4n) is 3.74. The SMILES string of the molecule is CC(C)OC(=O)C1=c2oc(=O)/c(=C\c3cccs3)n2-c2oc(N)nc2[C@@H]1Cc1cccs1. The van der Waals surface area contributed by atoms with Gasteiger partial charge in [-0.3, -0.25) is 0 Å². The molecule has 0 aliphatic carbocycles. The van der Waals surface area contributed by atoms with Gasteiger partial charge in [0, 0.05) is 15.7 Å². The molecule has 2 N–H and O–H groups in total. The van der Waals surface area contributed by atoms with Crippen LogP contribution in [0.3, 0.4) is 0 Å². The minimum absolute atomic E-state index is 0.0566. The topological polar surface area (TPSA) is 113 Å². The van der Waals surface area contributed by atoms with Crippen LogP contribution in [0.25, 0.3) is 17.5 Å². The molecule has 5 rings (SSSR count). The van der Waals surface area contributed by atoms with Crippen LogP contribution in [-0.2, 0) is 16.0 Å². The van der Waals surface area contributed by atoms with Gasteiger partial charge in [0.1, 0.15) is 16.6 Å². The molecule has 0 fully saturated rings. The molecule has 0 amide bonds. The highest BCUT2D eigenvalue weighted by molar-refractivity contribution is 7.10. The van der Waals surface area contributed by atoms with Crippen molar-refractivity contribution in [3.05, 3.63) is 71.8 Å². The quantitative estimate of drug-likeness (QED) is 0.447.